The molecule has 56 heavy (non-hydrogen) atoms. The van der Waals surface area contributed by atoms with Crippen LogP contribution in [0.1, 0.15) is 219 Å². The number of hydrogen-bond acceptors (Lipinski definition) is 8. The quantitative estimate of drug-likeness (QED) is 0.0201. The molecule has 3 unspecified atom stereocenters. The van der Waals surface area contributed by atoms with E-state index in [1.54, 1.807) is 0 Å². The number of unbranched alkanes of at least 4 members (excludes halogenated alkanes) is 27. The van der Waals surface area contributed by atoms with E-state index >= 15 is 0 Å². The van der Waals surface area contributed by atoms with Gasteiger partial charge in [0.15, 0.2) is 6.04 Å². The summed E-state index contributed by atoms with van der Waals surface area (Å²) in [7, 11) is -4.75. The van der Waals surface area contributed by atoms with E-state index in [0.29, 0.717) is 12.8 Å². The van der Waals surface area contributed by atoms with Crippen LogP contribution < -0.4 is 5.32 Å². The summed E-state index contributed by atoms with van der Waals surface area (Å²) in [6, 6.07) is -1.54. The molecule has 0 aromatic heterocycles. The fourth-order valence-electron chi connectivity index (χ4n) is 6.49. The molecule has 12 heteroatoms. The standard InChI is InChI=1S/C44H84NO10P/c1-3-5-7-9-11-13-15-17-19-20-21-22-23-25-27-29-31-33-35-42(47)45-41(44(49)50)39-55-56(51,52)54-38-40(46)37-53-43(48)36-34-32-30-28-26-24-18-16-14-12-10-8-6-4-2/h19-20,40-41,46H,3-18,21-39H2,1-2H3,(H,45,47)(H,49,50)(H,51,52)/b20-19-. The second-order valence-electron chi connectivity index (χ2n) is 15.6. The summed E-state index contributed by atoms with van der Waals surface area (Å²) >= 11 is 0. The predicted octanol–water partition coefficient (Wildman–Crippen LogP) is 11.7. The van der Waals surface area contributed by atoms with Crippen LogP contribution in [0.5, 0.6) is 0 Å². The van der Waals surface area contributed by atoms with Crippen LogP contribution in [0.15, 0.2) is 12.2 Å². The maximum atomic E-state index is 12.3. The summed E-state index contributed by atoms with van der Waals surface area (Å²) in [5.41, 5.74) is 0. The van der Waals surface area contributed by atoms with Crippen LogP contribution in [0.2, 0.25) is 0 Å². The van der Waals surface area contributed by atoms with Gasteiger partial charge in [0.1, 0.15) is 12.7 Å². The first-order chi connectivity index (χ1) is 27.1. The molecule has 0 radical (unpaired) electrons. The number of carbonyl (C=O) groups excluding carboxylic acids is 2. The Kier molecular flexibility index (Phi) is 38.7. The predicted molar refractivity (Wildman–Crippen MR) is 226 cm³/mol. The molecule has 0 fully saturated rings. The van der Waals surface area contributed by atoms with Crippen molar-refractivity contribution in [1.29, 1.82) is 0 Å². The zero-order chi connectivity index (χ0) is 41.4. The van der Waals surface area contributed by atoms with Crippen molar-refractivity contribution in [3.63, 3.8) is 0 Å². The number of aliphatic hydroxyl groups excluding tert-OH is 1. The lowest BCUT2D eigenvalue weighted by molar-refractivity contribution is -0.147. The average molecular weight is 818 g/mol. The minimum Gasteiger partial charge on any atom is -0.480 e. The first-order valence-electron chi connectivity index (χ1n) is 22.7. The number of nitrogens with one attached hydrogen (secondary N) is 1. The Morgan fingerprint density at radius 3 is 1.36 bits per heavy atom. The number of carboxylic acid groups (broad SMARTS) is 1. The van der Waals surface area contributed by atoms with E-state index in [9.17, 15) is 34.1 Å². The lowest BCUT2D eigenvalue weighted by Gasteiger charge is -2.18. The Labute approximate surface area is 341 Å². The molecule has 3 atom stereocenters. The Hall–Kier alpha value is -1.78. The zero-order valence-corrected chi connectivity index (χ0v) is 36.6. The van der Waals surface area contributed by atoms with Crippen LogP contribution in [0.4, 0.5) is 0 Å². The second kappa shape index (κ2) is 40.0. The summed E-state index contributed by atoms with van der Waals surface area (Å²) in [6.07, 6.45) is 39.4. The van der Waals surface area contributed by atoms with Crippen molar-refractivity contribution in [2.45, 2.75) is 231 Å². The molecule has 330 valence electrons. The lowest BCUT2D eigenvalue weighted by Crippen LogP contribution is -2.43. The van der Waals surface area contributed by atoms with E-state index in [1.807, 2.05) is 0 Å². The molecule has 4 N–H and O–H groups in total. The van der Waals surface area contributed by atoms with Crippen molar-refractivity contribution in [2.75, 3.05) is 19.8 Å². The fraction of sp³-hybridized carbons (Fsp3) is 0.886. The molecule has 0 bridgehead atoms. The first-order valence-corrected chi connectivity index (χ1v) is 24.2. The van der Waals surface area contributed by atoms with Crippen molar-refractivity contribution < 1.29 is 47.8 Å². The smallest absolute Gasteiger partial charge is 0.472 e. The molecule has 0 aromatic carbocycles. The van der Waals surface area contributed by atoms with Gasteiger partial charge in [-0.3, -0.25) is 18.6 Å². The van der Waals surface area contributed by atoms with Gasteiger partial charge in [0.2, 0.25) is 5.91 Å². The van der Waals surface area contributed by atoms with Gasteiger partial charge in [-0.15, -0.1) is 0 Å². The van der Waals surface area contributed by atoms with Crippen molar-refractivity contribution in [3.8, 4) is 0 Å². The van der Waals surface area contributed by atoms with Crippen LogP contribution in [-0.4, -0.2) is 64.9 Å². The largest absolute Gasteiger partial charge is 0.480 e. The third kappa shape index (κ3) is 39.1. The van der Waals surface area contributed by atoms with Crippen LogP contribution in [0.3, 0.4) is 0 Å². The molecule has 0 aliphatic heterocycles. The SMILES string of the molecule is CCCCCCCCC/C=C\CCCCCCCCCC(=O)NC(COP(=O)(O)OCC(O)COC(=O)CCCCCCCCCCCCCCCC)C(=O)O. The molecule has 11 nitrogen and oxygen atoms in total. The van der Waals surface area contributed by atoms with Gasteiger partial charge in [-0.25, -0.2) is 9.36 Å². The van der Waals surface area contributed by atoms with Crippen LogP contribution in [0.25, 0.3) is 0 Å². The lowest BCUT2D eigenvalue weighted by atomic mass is 10.0. The summed E-state index contributed by atoms with van der Waals surface area (Å²) in [5.74, 6) is -2.37. The molecular weight excluding hydrogens is 733 g/mol. The Morgan fingerprint density at radius 1 is 0.554 bits per heavy atom. The van der Waals surface area contributed by atoms with Gasteiger partial charge in [-0.2, -0.15) is 0 Å². The zero-order valence-electron chi connectivity index (χ0n) is 35.7. The summed E-state index contributed by atoms with van der Waals surface area (Å²) in [4.78, 5) is 45.9. The first kappa shape index (κ1) is 54.2. The fourth-order valence-corrected chi connectivity index (χ4v) is 7.26. The number of aliphatic carboxylic acids is 1. The molecule has 0 saturated carbocycles. The Morgan fingerprint density at radius 2 is 0.929 bits per heavy atom. The molecule has 0 heterocycles. The third-order valence-electron chi connectivity index (χ3n) is 10.1. The molecule has 1 amide bonds. The second-order valence-corrected chi connectivity index (χ2v) is 17.0. The maximum absolute atomic E-state index is 12.3. The highest BCUT2D eigenvalue weighted by Crippen LogP contribution is 2.43. The van der Waals surface area contributed by atoms with E-state index in [0.717, 1.165) is 51.4 Å². The molecular formula is C44H84NO10P. The van der Waals surface area contributed by atoms with Crippen molar-refractivity contribution >= 4 is 25.7 Å². The molecule has 0 aromatic rings. The van der Waals surface area contributed by atoms with Gasteiger partial charge in [0, 0.05) is 12.8 Å². The monoisotopic (exact) mass is 818 g/mol. The number of esters is 1. The highest BCUT2D eigenvalue weighted by Gasteiger charge is 2.28. The van der Waals surface area contributed by atoms with E-state index in [4.69, 9.17) is 13.8 Å². The number of aliphatic hydroxyl groups is 1. The number of phosphoric acid groups is 1. The summed E-state index contributed by atoms with van der Waals surface area (Å²) < 4.78 is 26.8. The molecule has 0 spiro atoms. The summed E-state index contributed by atoms with van der Waals surface area (Å²) in [6.45, 7) is 2.61. The third-order valence-corrected chi connectivity index (χ3v) is 11.0. The van der Waals surface area contributed by atoms with Crippen LogP contribution in [0, 0.1) is 0 Å². The minimum atomic E-state index is -4.75. The maximum Gasteiger partial charge on any atom is 0.472 e. The van der Waals surface area contributed by atoms with Gasteiger partial charge in [-0.1, -0.05) is 180 Å². The van der Waals surface area contributed by atoms with Crippen LogP contribution in [-0.2, 0) is 32.7 Å². The number of hydrogen-bond donors (Lipinski definition) is 4. The highest BCUT2D eigenvalue weighted by atomic mass is 31.2. The Balaban J connectivity index is 3.88. The van der Waals surface area contributed by atoms with Gasteiger partial charge in [-0.05, 0) is 38.5 Å². The molecule has 0 rings (SSSR count). The average Bonchev–Trinajstić information content (AvgIpc) is 3.17. The van der Waals surface area contributed by atoms with Crippen molar-refractivity contribution in [2.24, 2.45) is 0 Å². The normalized spacial score (nSPS) is 13.8. The van der Waals surface area contributed by atoms with Crippen LogP contribution >= 0.6 is 7.82 Å². The van der Waals surface area contributed by atoms with E-state index in [1.165, 1.54) is 128 Å². The van der Waals surface area contributed by atoms with Gasteiger partial charge < -0.3 is 25.2 Å². The van der Waals surface area contributed by atoms with E-state index < -0.39 is 57.6 Å². The number of carbonyl (C=O) groups is 3. The Bertz CT molecular complexity index is 1010. The number of ether oxygens (including phenoxy) is 1. The van der Waals surface area contributed by atoms with Crippen molar-refractivity contribution in [3.05, 3.63) is 12.2 Å². The molecule has 0 saturated heterocycles. The number of amides is 1. The topological polar surface area (TPSA) is 169 Å². The number of carboxylic acids is 1. The van der Waals surface area contributed by atoms with E-state index in [2.05, 4.69) is 31.3 Å². The molecule has 0 aliphatic rings. The van der Waals surface area contributed by atoms with Gasteiger partial charge >= 0.3 is 19.8 Å². The van der Waals surface area contributed by atoms with E-state index in [-0.39, 0.29) is 12.8 Å². The number of allylic oxidation sites excluding steroid dienone is 2. The highest BCUT2D eigenvalue weighted by molar-refractivity contribution is 7.47. The summed E-state index contributed by atoms with van der Waals surface area (Å²) in [5, 5.41) is 21.8. The van der Waals surface area contributed by atoms with Gasteiger partial charge in [0.25, 0.3) is 0 Å². The van der Waals surface area contributed by atoms with Gasteiger partial charge in [0.05, 0.1) is 13.2 Å². The molecule has 0 aliphatic carbocycles. The number of phosphoric ester groups is 1. The number of rotatable bonds is 43. The van der Waals surface area contributed by atoms with Crippen molar-refractivity contribution in [1.82, 2.24) is 5.32 Å². The minimum absolute atomic E-state index is 0.144.